The van der Waals surface area contributed by atoms with Crippen LogP contribution in [0.4, 0.5) is 5.69 Å². The highest BCUT2D eigenvalue weighted by Gasteiger charge is 2.25. The fraction of sp³-hybridized carbons (Fsp3) is 0.364. The van der Waals surface area contributed by atoms with E-state index in [1.54, 1.807) is 49.4 Å². The van der Waals surface area contributed by atoms with Crippen LogP contribution in [0.15, 0.2) is 59.5 Å². The molecule has 8 nitrogen and oxygen atoms in total. The number of rotatable bonds is 7. The molecule has 2 aromatic rings. The molecule has 0 bridgehead atoms. The summed E-state index contributed by atoms with van der Waals surface area (Å²) >= 11 is 0. The summed E-state index contributed by atoms with van der Waals surface area (Å²) in [5.74, 6) is -0.475. The van der Waals surface area contributed by atoms with Gasteiger partial charge in [0.25, 0.3) is 5.91 Å². The first kappa shape index (κ1) is 22.9. The van der Waals surface area contributed by atoms with E-state index in [0.29, 0.717) is 24.3 Å². The Morgan fingerprint density at radius 3 is 2.16 bits per heavy atom. The predicted octanol–water partition coefficient (Wildman–Crippen LogP) is 1.72. The summed E-state index contributed by atoms with van der Waals surface area (Å²) in [6.45, 7) is 4.64. The molecule has 1 heterocycles. The molecule has 0 spiro atoms. The second-order valence-electron chi connectivity index (χ2n) is 7.47. The maximum Gasteiger partial charge on any atom is 0.253 e. The highest BCUT2D eigenvalue weighted by Crippen LogP contribution is 2.16. The first-order valence-electron chi connectivity index (χ1n) is 10.2. The number of benzene rings is 2. The number of sulfonamides is 1. The number of hydrogen-bond donors (Lipinski definition) is 1. The van der Waals surface area contributed by atoms with Crippen LogP contribution in [0, 0.1) is 0 Å². The van der Waals surface area contributed by atoms with E-state index < -0.39 is 15.9 Å². The van der Waals surface area contributed by atoms with Crippen molar-refractivity contribution in [1.29, 1.82) is 0 Å². The van der Waals surface area contributed by atoms with E-state index in [0.717, 1.165) is 17.4 Å². The second-order valence-corrected chi connectivity index (χ2v) is 9.40. The van der Waals surface area contributed by atoms with Gasteiger partial charge in [0.1, 0.15) is 0 Å². The van der Waals surface area contributed by atoms with E-state index in [9.17, 15) is 18.0 Å². The Morgan fingerprint density at radius 1 is 0.968 bits per heavy atom. The zero-order valence-electron chi connectivity index (χ0n) is 17.8. The van der Waals surface area contributed by atoms with Crippen molar-refractivity contribution in [2.24, 2.45) is 0 Å². The molecule has 0 aromatic heterocycles. The fourth-order valence-corrected chi connectivity index (χ4v) is 4.78. The number of hydrogen-bond acceptors (Lipinski definition) is 5. The molecule has 1 aliphatic heterocycles. The minimum absolute atomic E-state index is 0.0305. The van der Waals surface area contributed by atoms with Crippen LogP contribution in [-0.4, -0.2) is 80.7 Å². The molecular weight excluding hydrogens is 416 g/mol. The van der Waals surface area contributed by atoms with Crippen LogP contribution in [0.5, 0.6) is 0 Å². The number of likely N-dealkylation sites (N-methyl/N-ethyl adjacent to an activating group) is 2. The zero-order chi connectivity index (χ0) is 22.4. The van der Waals surface area contributed by atoms with Crippen LogP contribution in [-0.2, 0) is 14.8 Å². The van der Waals surface area contributed by atoms with Crippen molar-refractivity contribution < 1.29 is 18.0 Å². The van der Waals surface area contributed by atoms with Crippen LogP contribution in [0.1, 0.15) is 17.3 Å². The summed E-state index contributed by atoms with van der Waals surface area (Å²) in [5, 5.41) is 2.71. The maximum absolute atomic E-state index is 12.7. The number of nitrogens with one attached hydrogen (secondary N) is 1. The number of carbonyl (C=O) groups is 2. The lowest BCUT2D eigenvalue weighted by molar-refractivity contribution is -0.116. The van der Waals surface area contributed by atoms with Crippen molar-refractivity contribution in [3.05, 3.63) is 60.2 Å². The highest BCUT2D eigenvalue weighted by atomic mass is 32.2. The number of nitrogens with zero attached hydrogens (tertiary/aromatic N) is 3. The first-order chi connectivity index (χ1) is 14.8. The van der Waals surface area contributed by atoms with Crippen molar-refractivity contribution in [2.75, 3.05) is 51.6 Å². The molecule has 0 unspecified atom stereocenters. The SMILES string of the molecule is CCN(CC(=O)Nc1ccc(C(=O)N2CCN(C)CC2)cc1)S(=O)(=O)c1ccccc1. The summed E-state index contributed by atoms with van der Waals surface area (Å²) < 4.78 is 26.6. The molecule has 1 fully saturated rings. The van der Waals surface area contributed by atoms with E-state index in [-0.39, 0.29) is 23.9 Å². The highest BCUT2D eigenvalue weighted by molar-refractivity contribution is 7.89. The molecule has 0 saturated carbocycles. The molecular formula is C22H28N4O4S. The molecule has 2 amide bonds. The van der Waals surface area contributed by atoms with Gasteiger partial charge in [0.2, 0.25) is 15.9 Å². The van der Waals surface area contributed by atoms with Crippen molar-refractivity contribution >= 4 is 27.5 Å². The number of carbonyl (C=O) groups excluding carboxylic acids is 2. The molecule has 2 aromatic carbocycles. The molecule has 3 rings (SSSR count). The van der Waals surface area contributed by atoms with Gasteiger partial charge >= 0.3 is 0 Å². The lowest BCUT2D eigenvalue weighted by Crippen LogP contribution is -2.47. The van der Waals surface area contributed by atoms with Crippen LogP contribution < -0.4 is 5.32 Å². The topological polar surface area (TPSA) is 90.0 Å². The minimum atomic E-state index is -3.75. The Morgan fingerprint density at radius 2 is 1.58 bits per heavy atom. The average Bonchev–Trinajstić information content (AvgIpc) is 2.78. The minimum Gasteiger partial charge on any atom is -0.336 e. The summed E-state index contributed by atoms with van der Waals surface area (Å²) in [5.41, 5.74) is 1.07. The Bertz CT molecular complexity index is 1000. The normalized spacial score (nSPS) is 15.1. The number of anilines is 1. The molecule has 1 saturated heterocycles. The standard InChI is InChI=1S/C22H28N4O4S/c1-3-26(31(29,30)20-7-5-4-6-8-20)17-21(27)23-19-11-9-18(10-12-19)22(28)25-15-13-24(2)14-16-25/h4-12H,3,13-17H2,1-2H3,(H,23,27). The smallest absolute Gasteiger partial charge is 0.253 e. The van der Waals surface area contributed by atoms with E-state index in [1.807, 2.05) is 11.9 Å². The number of amides is 2. The van der Waals surface area contributed by atoms with Gasteiger partial charge in [-0.15, -0.1) is 0 Å². The lowest BCUT2D eigenvalue weighted by Gasteiger charge is -2.32. The maximum atomic E-state index is 12.7. The van der Waals surface area contributed by atoms with Crippen molar-refractivity contribution in [3.63, 3.8) is 0 Å². The number of piperazine rings is 1. The van der Waals surface area contributed by atoms with Gasteiger partial charge in [-0.05, 0) is 43.4 Å². The molecule has 1 aliphatic rings. The average molecular weight is 445 g/mol. The summed E-state index contributed by atoms with van der Waals surface area (Å²) in [4.78, 5) is 29.2. The Hall–Kier alpha value is -2.75. The van der Waals surface area contributed by atoms with Gasteiger partial charge in [-0.1, -0.05) is 25.1 Å². The second kappa shape index (κ2) is 10.0. The molecule has 31 heavy (non-hydrogen) atoms. The van der Waals surface area contributed by atoms with Crippen LogP contribution in [0.25, 0.3) is 0 Å². The van der Waals surface area contributed by atoms with Gasteiger partial charge in [-0.2, -0.15) is 4.31 Å². The van der Waals surface area contributed by atoms with Crippen molar-refractivity contribution in [2.45, 2.75) is 11.8 Å². The third-order valence-corrected chi connectivity index (χ3v) is 7.19. The van der Waals surface area contributed by atoms with Gasteiger partial charge in [0.15, 0.2) is 0 Å². The molecule has 166 valence electrons. The van der Waals surface area contributed by atoms with E-state index in [1.165, 1.54) is 12.1 Å². The van der Waals surface area contributed by atoms with Gasteiger partial charge in [-0.25, -0.2) is 8.42 Å². The molecule has 0 atom stereocenters. The largest absolute Gasteiger partial charge is 0.336 e. The van der Waals surface area contributed by atoms with E-state index in [2.05, 4.69) is 10.2 Å². The molecule has 9 heteroatoms. The first-order valence-corrected chi connectivity index (χ1v) is 11.7. The Kier molecular flexibility index (Phi) is 7.42. The predicted molar refractivity (Wildman–Crippen MR) is 119 cm³/mol. The van der Waals surface area contributed by atoms with Gasteiger partial charge in [-0.3, -0.25) is 9.59 Å². The quantitative estimate of drug-likeness (QED) is 0.702. The van der Waals surface area contributed by atoms with Crippen LogP contribution in [0.2, 0.25) is 0 Å². The van der Waals surface area contributed by atoms with Gasteiger partial charge in [0.05, 0.1) is 11.4 Å². The third-order valence-electron chi connectivity index (χ3n) is 5.26. The zero-order valence-corrected chi connectivity index (χ0v) is 18.6. The van der Waals surface area contributed by atoms with Gasteiger partial charge < -0.3 is 15.1 Å². The molecule has 0 radical (unpaired) electrons. The summed E-state index contributed by atoms with van der Waals surface area (Å²) in [7, 11) is -1.72. The summed E-state index contributed by atoms with van der Waals surface area (Å²) in [6, 6.07) is 14.7. The van der Waals surface area contributed by atoms with E-state index >= 15 is 0 Å². The molecule has 1 N–H and O–H groups in total. The van der Waals surface area contributed by atoms with Crippen LogP contribution in [0.3, 0.4) is 0 Å². The van der Waals surface area contributed by atoms with Gasteiger partial charge in [0, 0.05) is 44.0 Å². The Labute approximate surface area is 183 Å². The van der Waals surface area contributed by atoms with Crippen molar-refractivity contribution in [3.8, 4) is 0 Å². The van der Waals surface area contributed by atoms with Crippen molar-refractivity contribution in [1.82, 2.24) is 14.1 Å². The van der Waals surface area contributed by atoms with Crippen LogP contribution >= 0.6 is 0 Å². The molecule has 0 aliphatic carbocycles. The summed E-state index contributed by atoms with van der Waals surface area (Å²) in [6.07, 6.45) is 0. The fourth-order valence-electron chi connectivity index (χ4n) is 3.36. The third kappa shape index (κ3) is 5.69. The lowest BCUT2D eigenvalue weighted by atomic mass is 10.1. The monoisotopic (exact) mass is 444 g/mol. The Balaban J connectivity index is 1.60. The van der Waals surface area contributed by atoms with E-state index in [4.69, 9.17) is 0 Å².